The molecule has 0 aliphatic carbocycles. The molecule has 0 radical (unpaired) electrons. The van der Waals surface area contributed by atoms with Gasteiger partial charge in [0.05, 0.1) is 17.9 Å². The predicted molar refractivity (Wildman–Crippen MR) is 110 cm³/mol. The minimum absolute atomic E-state index is 0.261. The van der Waals surface area contributed by atoms with Crippen molar-refractivity contribution in [2.45, 2.75) is 25.3 Å². The maximum Gasteiger partial charge on any atom is 0.231 e. The Labute approximate surface area is 170 Å². The van der Waals surface area contributed by atoms with Crippen LogP contribution < -0.4 is 16.4 Å². The molecule has 8 nitrogen and oxygen atoms in total. The summed E-state index contributed by atoms with van der Waals surface area (Å²) >= 11 is 0. The molecule has 0 saturated carbocycles. The van der Waals surface area contributed by atoms with Crippen molar-refractivity contribution in [3.8, 4) is 5.69 Å². The van der Waals surface area contributed by atoms with Gasteiger partial charge in [-0.05, 0) is 43.2 Å². The molecule has 2 aromatic rings. The van der Waals surface area contributed by atoms with Crippen LogP contribution in [0.3, 0.4) is 0 Å². The van der Waals surface area contributed by atoms with Crippen molar-refractivity contribution in [3.05, 3.63) is 48.0 Å². The summed E-state index contributed by atoms with van der Waals surface area (Å²) in [5.74, 6) is 0.217. The Balaban J connectivity index is 1.41. The number of nitrogens with one attached hydrogen (secondary N) is 2. The van der Waals surface area contributed by atoms with Gasteiger partial charge in [0, 0.05) is 45.3 Å². The van der Waals surface area contributed by atoms with Crippen LogP contribution in [0, 0.1) is 5.82 Å². The summed E-state index contributed by atoms with van der Waals surface area (Å²) in [6.07, 6.45) is 4.49. The minimum atomic E-state index is -0.282. The number of halogens is 1. The number of carbonyl (C=O) groups is 1. The Morgan fingerprint density at radius 1 is 1.28 bits per heavy atom. The Hall–Kier alpha value is -2.94. The Kier molecular flexibility index (Phi) is 7.18. The highest BCUT2D eigenvalue weighted by Gasteiger charge is 2.20. The lowest BCUT2D eigenvalue weighted by atomic mass is 10.1. The summed E-state index contributed by atoms with van der Waals surface area (Å²) in [5.41, 5.74) is 7.02. The number of primary amides is 1. The normalized spacial score (nSPS) is 16.0. The van der Waals surface area contributed by atoms with E-state index in [2.05, 4.69) is 25.6 Å². The van der Waals surface area contributed by atoms with Crippen molar-refractivity contribution in [1.29, 1.82) is 0 Å². The Morgan fingerprint density at radius 2 is 2.00 bits per heavy atom. The van der Waals surface area contributed by atoms with Crippen LogP contribution in [-0.4, -0.2) is 65.8 Å². The summed E-state index contributed by atoms with van der Waals surface area (Å²) in [6, 6.07) is 8.52. The molecular formula is C20H28FN7O. The van der Waals surface area contributed by atoms with Gasteiger partial charge in [-0.3, -0.25) is 14.7 Å². The molecule has 0 atom stereocenters. The molecule has 156 valence electrons. The first-order valence-corrected chi connectivity index (χ1v) is 9.82. The smallest absolute Gasteiger partial charge is 0.231 e. The van der Waals surface area contributed by atoms with E-state index in [0.717, 1.165) is 49.7 Å². The summed E-state index contributed by atoms with van der Waals surface area (Å²) < 4.78 is 14.8. The highest BCUT2D eigenvalue weighted by atomic mass is 19.1. The first kappa shape index (κ1) is 20.8. The third kappa shape index (κ3) is 6.28. The quantitative estimate of drug-likeness (QED) is 0.468. The highest BCUT2D eigenvalue weighted by molar-refractivity contribution is 5.80. The van der Waals surface area contributed by atoms with E-state index in [-0.39, 0.29) is 11.7 Å². The number of aromatic nitrogens is 2. The summed E-state index contributed by atoms with van der Waals surface area (Å²) in [4.78, 5) is 17.4. The molecule has 9 heteroatoms. The van der Waals surface area contributed by atoms with E-state index >= 15 is 0 Å². The number of amides is 1. The van der Waals surface area contributed by atoms with Crippen molar-refractivity contribution in [1.82, 2.24) is 25.3 Å². The average Bonchev–Trinajstić information content (AvgIpc) is 3.17. The van der Waals surface area contributed by atoms with E-state index in [4.69, 9.17) is 5.73 Å². The zero-order valence-corrected chi connectivity index (χ0v) is 16.6. The van der Waals surface area contributed by atoms with Crippen molar-refractivity contribution < 1.29 is 9.18 Å². The van der Waals surface area contributed by atoms with Gasteiger partial charge in [0.2, 0.25) is 5.91 Å². The van der Waals surface area contributed by atoms with E-state index in [1.807, 2.05) is 12.3 Å². The number of benzene rings is 1. The van der Waals surface area contributed by atoms with Crippen LogP contribution in [0.5, 0.6) is 0 Å². The first-order valence-electron chi connectivity index (χ1n) is 9.82. The maximum atomic E-state index is 13.0. The molecule has 1 aromatic heterocycles. The number of piperidine rings is 1. The van der Waals surface area contributed by atoms with Crippen LogP contribution in [0.1, 0.15) is 18.5 Å². The second-order valence-electron chi connectivity index (χ2n) is 7.14. The van der Waals surface area contributed by atoms with E-state index in [1.54, 1.807) is 23.9 Å². The molecular weight excluding hydrogens is 373 g/mol. The van der Waals surface area contributed by atoms with Gasteiger partial charge >= 0.3 is 0 Å². The molecule has 0 spiro atoms. The fourth-order valence-corrected chi connectivity index (χ4v) is 3.39. The van der Waals surface area contributed by atoms with Gasteiger partial charge in [-0.25, -0.2) is 9.07 Å². The summed E-state index contributed by atoms with van der Waals surface area (Å²) in [5, 5.41) is 11.3. The van der Waals surface area contributed by atoms with E-state index < -0.39 is 0 Å². The number of aliphatic imine (C=N–C) groups is 1. The van der Waals surface area contributed by atoms with Gasteiger partial charge in [0.1, 0.15) is 5.82 Å². The van der Waals surface area contributed by atoms with E-state index in [9.17, 15) is 9.18 Å². The van der Waals surface area contributed by atoms with Gasteiger partial charge in [-0.15, -0.1) is 0 Å². The zero-order valence-electron chi connectivity index (χ0n) is 16.6. The molecule has 4 N–H and O–H groups in total. The second-order valence-corrected chi connectivity index (χ2v) is 7.14. The zero-order chi connectivity index (χ0) is 20.6. The van der Waals surface area contributed by atoms with Gasteiger partial charge in [-0.2, -0.15) is 5.10 Å². The summed E-state index contributed by atoms with van der Waals surface area (Å²) in [7, 11) is 1.75. The van der Waals surface area contributed by atoms with Gasteiger partial charge in [-0.1, -0.05) is 0 Å². The number of likely N-dealkylation sites (tertiary alicyclic amines) is 1. The van der Waals surface area contributed by atoms with Crippen LogP contribution in [0.2, 0.25) is 0 Å². The first-order chi connectivity index (χ1) is 14.0. The monoisotopic (exact) mass is 401 g/mol. The number of nitrogens with two attached hydrogens (primary N) is 1. The number of rotatable bonds is 7. The number of hydrogen-bond donors (Lipinski definition) is 3. The molecule has 1 aliphatic rings. The molecule has 1 saturated heterocycles. The topological polar surface area (TPSA) is 101 Å². The number of guanidine groups is 1. The van der Waals surface area contributed by atoms with Crippen molar-refractivity contribution >= 4 is 11.9 Å². The molecule has 1 fully saturated rings. The molecule has 0 unspecified atom stereocenters. The molecule has 29 heavy (non-hydrogen) atoms. The molecule has 1 aromatic carbocycles. The second kappa shape index (κ2) is 10.0. The lowest BCUT2D eigenvalue weighted by molar-refractivity contribution is -0.119. The van der Waals surface area contributed by atoms with Crippen molar-refractivity contribution in [2.24, 2.45) is 10.7 Å². The lowest BCUT2D eigenvalue weighted by Gasteiger charge is -2.32. The average molecular weight is 401 g/mol. The van der Waals surface area contributed by atoms with Crippen LogP contribution in [0.15, 0.2) is 41.5 Å². The number of hydrogen-bond acceptors (Lipinski definition) is 4. The lowest BCUT2D eigenvalue weighted by Crippen LogP contribution is -2.50. The third-order valence-electron chi connectivity index (χ3n) is 4.94. The fourth-order valence-electron chi connectivity index (χ4n) is 3.39. The predicted octanol–water partition coefficient (Wildman–Crippen LogP) is 0.669. The number of carbonyl (C=O) groups excluding carboxylic acids is 1. The minimum Gasteiger partial charge on any atom is -0.369 e. The third-order valence-corrected chi connectivity index (χ3v) is 4.94. The molecule has 1 aliphatic heterocycles. The van der Waals surface area contributed by atoms with Crippen molar-refractivity contribution in [3.63, 3.8) is 0 Å². The fraction of sp³-hybridized carbons (Fsp3) is 0.450. The van der Waals surface area contributed by atoms with E-state index in [0.29, 0.717) is 19.1 Å². The SMILES string of the molecule is CN=C(NCCc1ccn(-c2ccc(F)cc2)n1)NC1CCN(CC(N)=O)CC1. The van der Waals surface area contributed by atoms with E-state index in [1.165, 1.54) is 12.1 Å². The number of nitrogens with zero attached hydrogens (tertiary/aromatic N) is 4. The Bertz CT molecular complexity index is 826. The van der Waals surface area contributed by atoms with Crippen LogP contribution in [0.25, 0.3) is 5.69 Å². The van der Waals surface area contributed by atoms with Gasteiger partial charge in [0.15, 0.2) is 5.96 Å². The van der Waals surface area contributed by atoms with Crippen LogP contribution in [0.4, 0.5) is 4.39 Å². The van der Waals surface area contributed by atoms with Gasteiger partial charge in [0.25, 0.3) is 0 Å². The molecule has 2 heterocycles. The largest absolute Gasteiger partial charge is 0.369 e. The molecule has 1 amide bonds. The standard InChI is InChI=1S/C20H28FN7O/c1-23-20(25-16-7-11-27(12-8-16)14-19(22)29)24-10-6-17-9-13-28(26-17)18-4-2-15(21)3-5-18/h2-5,9,13,16H,6-8,10-12,14H2,1H3,(H2,22,29)(H2,23,24,25). The molecule has 0 bridgehead atoms. The maximum absolute atomic E-state index is 13.0. The van der Waals surface area contributed by atoms with Crippen molar-refractivity contribution in [2.75, 3.05) is 33.2 Å². The van der Waals surface area contributed by atoms with Crippen LogP contribution >= 0.6 is 0 Å². The summed E-state index contributed by atoms with van der Waals surface area (Å²) in [6.45, 7) is 2.71. The highest BCUT2D eigenvalue weighted by Crippen LogP contribution is 2.10. The molecule has 3 rings (SSSR count). The Morgan fingerprint density at radius 3 is 2.66 bits per heavy atom. The van der Waals surface area contributed by atoms with Gasteiger partial charge < -0.3 is 16.4 Å². The van der Waals surface area contributed by atoms with Crippen LogP contribution in [-0.2, 0) is 11.2 Å².